The number of phenolic OH excluding ortho intramolecular Hbond substituents is 1. The lowest BCUT2D eigenvalue weighted by Gasteiger charge is -2.02. The zero-order chi connectivity index (χ0) is 13.8. The van der Waals surface area contributed by atoms with Crippen molar-refractivity contribution in [2.24, 2.45) is 10.2 Å². The highest BCUT2D eigenvalue weighted by molar-refractivity contribution is 5.53. The van der Waals surface area contributed by atoms with E-state index in [1.165, 1.54) is 11.1 Å². The van der Waals surface area contributed by atoms with Crippen LogP contribution in [-0.4, -0.2) is 5.11 Å². The first kappa shape index (κ1) is 13.3. The molecule has 0 spiro atoms. The molecule has 2 aromatic rings. The van der Waals surface area contributed by atoms with Crippen LogP contribution < -0.4 is 0 Å². The van der Waals surface area contributed by atoms with Gasteiger partial charge in [-0.3, -0.25) is 0 Å². The highest BCUT2D eigenvalue weighted by Gasteiger charge is 2.01. The fourth-order valence-electron chi connectivity index (χ4n) is 1.77. The maximum atomic E-state index is 9.75. The predicted octanol–water partition coefficient (Wildman–Crippen LogP) is 4.99. The van der Waals surface area contributed by atoms with E-state index in [1.54, 1.807) is 6.07 Å². The van der Waals surface area contributed by atoms with Crippen molar-refractivity contribution >= 4 is 11.4 Å². The van der Waals surface area contributed by atoms with Gasteiger partial charge in [-0.15, -0.1) is 5.11 Å². The molecule has 0 aliphatic rings. The molecule has 1 N–H and O–H groups in total. The van der Waals surface area contributed by atoms with Crippen LogP contribution in [0.2, 0.25) is 0 Å². The van der Waals surface area contributed by atoms with Crippen LogP contribution in [0.25, 0.3) is 0 Å². The van der Waals surface area contributed by atoms with E-state index in [4.69, 9.17) is 0 Å². The Labute approximate surface area is 113 Å². The van der Waals surface area contributed by atoms with Crippen molar-refractivity contribution in [1.82, 2.24) is 0 Å². The van der Waals surface area contributed by atoms with Gasteiger partial charge in [-0.2, -0.15) is 5.11 Å². The molecule has 2 rings (SSSR count). The van der Waals surface area contributed by atoms with Crippen LogP contribution in [0.4, 0.5) is 11.4 Å². The van der Waals surface area contributed by atoms with Crippen LogP contribution in [0.5, 0.6) is 5.75 Å². The monoisotopic (exact) mass is 254 g/mol. The molecule has 19 heavy (non-hydrogen) atoms. The molecule has 98 valence electrons. The average molecular weight is 254 g/mol. The summed E-state index contributed by atoms with van der Waals surface area (Å²) in [7, 11) is 0. The van der Waals surface area contributed by atoms with Gasteiger partial charge >= 0.3 is 0 Å². The van der Waals surface area contributed by atoms with Crippen molar-refractivity contribution in [3.8, 4) is 5.75 Å². The molecule has 0 bridgehead atoms. The Hall–Kier alpha value is -2.16. The summed E-state index contributed by atoms with van der Waals surface area (Å²) in [4.78, 5) is 0. The van der Waals surface area contributed by atoms with Gasteiger partial charge < -0.3 is 5.11 Å². The van der Waals surface area contributed by atoms with Crippen LogP contribution in [0.3, 0.4) is 0 Å². The van der Waals surface area contributed by atoms with Gasteiger partial charge in [0.25, 0.3) is 0 Å². The molecule has 0 amide bonds. The molecule has 0 saturated carbocycles. The minimum absolute atomic E-state index is 0.157. The second-order valence-corrected chi connectivity index (χ2v) is 4.65. The molecule has 0 aromatic heterocycles. The van der Waals surface area contributed by atoms with Crippen LogP contribution in [-0.2, 0) is 6.42 Å². The summed E-state index contributed by atoms with van der Waals surface area (Å²) < 4.78 is 0. The zero-order valence-corrected chi connectivity index (χ0v) is 11.5. The number of aromatic hydroxyl groups is 1. The third-order valence-electron chi connectivity index (χ3n) is 3.21. The van der Waals surface area contributed by atoms with E-state index in [-0.39, 0.29) is 5.75 Å². The Balaban J connectivity index is 2.29. The number of rotatable bonds is 3. The standard InChI is InChI=1S/C16H18N2O/c1-4-13-6-8-16(19)15(10-13)18-17-14-7-5-11(2)12(3)9-14/h5-10,19H,4H2,1-3H3. The van der Waals surface area contributed by atoms with Crippen LogP contribution >= 0.6 is 0 Å². The minimum Gasteiger partial charge on any atom is -0.506 e. The molecule has 0 aliphatic heterocycles. The van der Waals surface area contributed by atoms with Crippen molar-refractivity contribution in [3.63, 3.8) is 0 Å². The Bertz CT molecular complexity index is 618. The number of nitrogens with zero attached hydrogens (tertiary/aromatic N) is 2. The first-order chi connectivity index (χ1) is 9.10. The lowest BCUT2D eigenvalue weighted by molar-refractivity contribution is 0.476. The van der Waals surface area contributed by atoms with Crippen molar-refractivity contribution < 1.29 is 5.11 Å². The number of hydrogen-bond donors (Lipinski definition) is 1. The molecule has 3 heteroatoms. The number of hydrogen-bond acceptors (Lipinski definition) is 3. The Morgan fingerprint density at radius 3 is 2.42 bits per heavy atom. The van der Waals surface area contributed by atoms with E-state index in [0.717, 1.165) is 17.7 Å². The minimum atomic E-state index is 0.157. The Kier molecular flexibility index (Phi) is 3.95. The topological polar surface area (TPSA) is 45.0 Å². The maximum Gasteiger partial charge on any atom is 0.143 e. The largest absolute Gasteiger partial charge is 0.506 e. The molecule has 0 aliphatic carbocycles. The molecule has 0 radical (unpaired) electrons. The number of phenols is 1. The summed E-state index contributed by atoms with van der Waals surface area (Å²) in [5.41, 5.74) is 4.85. The van der Waals surface area contributed by atoms with Crippen molar-refractivity contribution in [2.45, 2.75) is 27.2 Å². The van der Waals surface area contributed by atoms with E-state index in [0.29, 0.717) is 5.69 Å². The van der Waals surface area contributed by atoms with Crippen molar-refractivity contribution in [2.75, 3.05) is 0 Å². The van der Waals surface area contributed by atoms with Gasteiger partial charge in [-0.05, 0) is 61.2 Å². The third-order valence-corrected chi connectivity index (χ3v) is 3.21. The quantitative estimate of drug-likeness (QED) is 0.771. The van der Waals surface area contributed by atoms with Crippen LogP contribution in [0.1, 0.15) is 23.6 Å². The van der Waals surface area contributed by atoms with E-state index >= 15 is 0 Å². The molecule has 2 aromatic carbocycles. The van der Waals surface area contributed by atoms with Crippen molar-refractivity contribution in [1.29, 1.82) is 0 Å². The molecule has 0 fully saturated rings. The number of aryl methyl sites for hydroxylation is 3. The van der Waals surface area contributed by atoms with Gasteiger partial charge in [0.15, 0.2) is 0 Å². The Morgan fingerprint density at radius 2 is 1.74 bits per heavy atom. The lowest BCUT2D eigenvalue weighted by Crippen LogP contribution is -1.79. The summed E-state index contributed by atoms with van der Waals surface area (Å²) in [6.07, 6.45) is 0.909. The van der Waals surface area contributed by atoms with E-state index in [1.807, 2.05) is 37.3 Å². The van der Waals surface area contributed by atoms with Gasteiger partial charge in [0.1, 0.15) is 11.4 Å². The first-order valence-corrected chi connectivity index (χ1v) is 6.41. The summed E-state index contributed by atoms with van der Waals surface area (Å²) in [6.45, 7) is 6.17. The normalized spacial score (nSPS) is 11.1. The molecule has 0 saturated heterocycles. The predicted molar refractivity (Wildman–Crippen MR) is 77.6 cm³/mol. The van der Waals surface area contributed by atoms with E-state index in [2.05, 4.69) is 24.1 Å². The molecular weight excluding hydrogens is 236 g/mol. The molecule has 3 nitrogen and oxygen atoms in total. The van der Waals surface area contributed by atoms with E-state index in [9.17, 15) is 5.11 Å². The second-order valence-electron chi connectivity index (χ2n) is 4.65. The summed E-state index contributed by atoms with van der Waals surface area (Å²) in [5, 5.41) is 18.1. The van der Waals surface area contributed by atoms with Crippen LogP contribution in [0.15, 0.2) is 46.6 Å². The second kappa shape index (κ2) is 5.65. The van der Waals surface area contributed by atoms with Crippen LogP contribution in [0, 0.1) is 13.8 Å². The van der Waals surface area contributed by atoms with Gasteiger partial charge in [0, 0.05) is 0 Å². The number of azo groups is 1. The van der Waals surface area contributed by atoms with Crippen molar-refractivity contribution in [3.05, 3.63) is 53.1 Å². The van der Waals surface area contributed by atoms with Gasteiger partial charge in [-0.1, -0.05) is 19.1 Å². The molecule has 0 atom stereocenters. The maximum absolute atomic E-state index is 9.75. The van der Waals surface area contributed by atoms with E-state index < -0.39 is 0 Å². The summed E-state index contributed by atoms with van der Waals surface area (Å²) in [6, 6.07) is 11.3. The molecule has 0 unspecified atom stereocenters. The van der Waals surface area contributed by atoms with Gasteiger partial charge in [0.2, 0.25) is 0 Å². The summed E-state index contributed by atoms with van der Waals surface area (Å²) >= 11 is 0. The average Bonchev–Trinajstić information content (AvgIpc) is 2.41. The molecular formula is C16H18N2O. The Morgan fingerprint density at radius 1 is 0.947 bits per heavy atom. The smallest absolute Gasteiger partial charge is 0.143 e. The highest BCUT2D eigenvalue weighted by Crippen LogP contribution is 2.29. The first-order valence-electron chi connectivity index (χ1n) is 6.41. The fourth-order valence-corrected chi connectivity index (χ4v) is 1.77. The zero-order valence-electron chi connectivity index (χ0n) is 11.5. The third kappa shape index (κ3) is 3.19. The highest BCUT2D eigenvalue weighted by atomic mass is 16.3. The van der Waals surface area contributed by atoms with Gasteiger partial charge in [0.05, 0.1) is 5.69 Å². The summed E-state index contributed by atoms with van der Waals surface area (Å²) in [5.74, 6) is 0.157. The number of benzene rings is 2. The van der Waals surface area contributed by atoms with Gasteiger partial charge in [-0.25, -0.2) is 0 Å². The molecule has 0 heterocycles. The lowest BCUT2D eigenvalue weighted by atomic mass is 10.1. The SMILES string of the molecule is CCc1ccc(O)c(N=Nc2ccc(C)c(C)c2)c1. The fraction of sp³-hybridized carbons (Fsp3) is 0.250.